The summed E-state index contributed by atoms with van der Waals surface area (Å²) in [5, 5.41) is 14.1. The van der Waals surface area contributed by atoms with Crippen LogP contribution in [0.5, 0.6) is 0 Å². The molecule has 0 saturated heterocycles. The fraction of sp³-hybridized carbons (Fsp3) is 0.133. The van der Waals surface area contributed by atoms with E-state index in [9.17, 15) is 14.9 Å². The number of rotatable bonds is 4. The standard InChI is InChI=1S/C15H12Cl2N2O3/c1-9(10-2-4-11(16)5-3-10)18-15(20)13-7-6-12(19(21)22)8-14(13)17/h2-9H,1H3,(H,18,20)/t9-/m0/s1. The van der Waals surface area contributed by atoms with Crippen LogP contribution < -0.4 is 5.32 Å². The number of carbonyl (C=O) groups is 1. The second-order valence-electron chi connectivity index (χ2n) is 4.67. The lowest BCUT2D eigenvalue weighted by atomic mass is 10.1. The van der Waals surface area contributed by atoms with Crippen LogP contribution in [0.2, 0.25) is 10.0 Å². The molecule has 0 fully saturated rings. The molecule has 114 valence electrons. The minimum Gasteiger partial charge on any atom is -0.345 e. The van der Waals surface area contributed by atoms with E-state index in [0.717, 1.165) is 11.6 Å². The van der Waals surface area contributed by atoms with Crippen LogP contribution in [0.3, 0.4) is 0 Å². The summed E-state index contributed by atoms with van der Waals surface area (Å²) in [6.45, 7) is 1.82. The van der Waals surface area contributed by atoms with E-state index in [2.05, 4.69) is 5.32 Å². The first-order valence-corrected chi connectivity index (χ1v) is 7.14. The first-order chi connectivity index (χ1) is 10.4. The molecule has 0 bridgehead atoms. The first kappa shape index (κ1) is 16.3. The van der Waals surface area contributed by atoms with E-state index >= 15 is 0 Å². The molecule has 2 aromatic carbocycles. The molecule has 22 heavy (non-hydrogen) atoms. The molecular weight excluding hydrogens is 327 g/mol. The van der Waals surface area contributed by atoms with Crippen molar-refractivity contribution < 1.29 is 9.72 Å². The molecule has 0 radical (unpaired) electrons. The molecule has 0 aliphatic carbocycles. The number of hydrogen-bond acceptors (Lipinski definition) is 3. The highest BCUT2D eigenvalue weighted by Crippen LogP contribution is 2.23. The van der Waals surface area contributed by atoms with E-state index in [1.807, 2.05) is 19.1 Å². The highest BCUT2D eigenvalue weighted by molar-refractivity contribution is 6.34. The zero-order valence-electron chi connectivity index (χ0n) is 11.5. The van der Waals surface area contributed by atoms with Gasteiger partial charge in [-0.3, -0.25) is 14.9 Å². The SMILES string of the molecule is C[C@H](NC(=O)c1ccc([N+](=O)[O-])cc1Cl)c1ccc(Cl)cc1. The number of nitrogens with one attached hydrogen (secondary N) is 1. The maximum atomic E-state index is 12.2. The number of non-ortho nitro benzene ring substituents is 1. The van der Waals surface area contributed by atoms with Gasteiger partial charge in [0.25, 0.3) is 11.6 Å². The Morgan fingerprint density at radius 2 is 1.82 bits per heavy atom. The summed E-state index contributed by atoms with van der Waals surface area (Å²) < 4.78 is 0. The van der Waals surface area contributed by atoms with E-state index in [0.29, 0.717) is 5.02 Å². The molecule has 5 nitrogen and oxygen atoms in total. The molecule has 1 amide bonds. The minimum atomic E-state index is -0.566. The number of nitro benzene ring substituents is 1. The molecule has 0 unspecified atom stereocenters. The zero-order chi connectivity index (χ0) is 16.3. The lowest BCUT2D eigenvalue weighted by Gasteiger charge is -2.15. The third kappa shape index (κ3) is 3.75. The van der Waals surface area contributed by atoms with Gasteiger partial charge in [-0.25, -0.2) is 0 Å². The summed E-state index contributed by atoms with van der Waals surface area (Å²) in [6, 6.07) is 10.6. The van der Waals surface area contributed by atoms with Crippen molar-refractivity contribution in [1.82, 2.24) is 5.32 Å². The molecule has 0 aliphatic rings. The Labute approximate surface area is 137 Å². The minimum absolute atomic E-state index is 0.0370. The van der Waals surface area contributed by atoms with E-state index in [1.165, 1.54) is 12.1 Å². The molecule has 0 saturated carbocycles. The zero-order valence-corrected chi connectivity index (χ0v) is 13.1. The predicted octanol–water partition coefficient (Wildman–Crippen LogP) is 4.39. The molecule has 0 aromatic heterocycles. The van der Waals surface area contributed by atoms with Crippen LogP contribution in [-0.4, -0.2) is 10.8 Å². The molecule has 0 aliphatic heterocycles. The Morgan fingerprint density at radius 1 is 1.18 bits per heavy atom. The predicted molar refractivity (Wildman–Crippen MR) is 85.4 cm³/mol. The van der Waals surface area contributed by atoms with Gasteiger partial charge in [0, 0.05) is 17.2 Å². The third-order valence-corrected chi connectivity index (χ3v) is 3.69. The van der Waals surface area contributed by atoms with Gasteiger partial charge >= 0.3 is 0 Å². The van der Waals surface area contributed by atoms with Gasteiger partial charge in [-0.1, -0.05) is 35.3 Å². The number of amides is 1. The summed E-state index contributed by atoms with van der Waals surface area (Å²) >= 11 is 11.8. The highest BCUT2D eigenvalue weighted by atomic mass is 35.5. The van der Waals surface area contributed by atoms with E-state index in [4.69, 9.17) is 23.2 Å². The Hall–Kier alpha value is -2.11. The van der Waals surface area contributed by atoms with Crippen LogP contribution in [0.1, 0.15) is 28.9 Å². The average Bonchev–Trinajstić information content (AvgIpc) is 2.47. The van der Waals surface area contributed by atoms with Gasteiger partial charge in [-0.2, -0.15) is 0 Å². The fourth-order valence-corrected chi connectivity index (χ4v) is 2.30. The highest BCUT2D eigenvalue weighted by Gasteiger charge is 2.17. The molecule has 2 rings (SSSR count). The van der Waals surface area contributed by atoms with Crippen LogP contribution in [0.25, 0.3) is 0 Å². The Kier molecular flexibility index (Phi) is 5.00. The van der Waals surface area contributed by atoms with E-state index in [-0.39, 0.29) is 22.3 Å². The summed E-state index contributed by atoms with van der Waals surface area (Å²) in [6.07, 6.45) is 0. The van der Waals surface area contributed by atoms with Crippen LogP contribution in [0.4, 0.5) is 5.69 Å². The fourth-order valence-electron chi connectivity index (χ4n) is 1.91. The average molecular weight is 339 g/mol. The number of nitro groups is 1. The van der Waals surface area contributed by atoms with Crippen LogP contribution in [0.15, 0.2) is 42.5 Å². The maximum absolute atomic E-state index is 12.2. The smallest absolute Gasteiger partial charge is 0.270 e. The van der Waals surface area contributed by atoms with Crippen molar-refractivity contribution in [2.45, 2.75) is 13.0 Å². The van der Waals surface area contributed by atoms with Crippen LogP contribution in [0, 0.1) is 10.1 Å². The maximum Gasteiger partial charge on any atom is 0.270 e. The lowest BCUT2D eigenvalue weighted by Crippen LogP contribution is -2.26. The van der Waals surface area contributed by atoms with Gasteiger partial charge in [0.15, 0.2) is 0 Å². The van der Waals surface area contributed by atoms with Crippen molar-refractivity contribution in [3.8, 4) is 0 Å². The van der Waals surface area contributed by atoms with Gasteiger partial charge in [-0.15, -0.1) is 0 Å². The second kappa shape index (κ2) is 6.77. The van der Waals surface area contributed by atoms with Crippen molar-refractivity contribution in [2.75, 3.05) is 0 Å². The first-order valence-electron chi connectivity index (χ1n) is 6.38. The molecule has 0 heterocycles. The van der Waals surface area contributed by atoms with Gasteiger partial charge in [0.05, 0.1) is 21.6 Å². The van der Waals surface area contributed by atoms with Crippen molar-refractivity contribution in [3.63, 3.8) is 0 Å². The monoisotopic (exact) mass is 338 g/mol. The van der Waals surface area contributed by atoms with Crippen molar-refractivity contribution in [1.29, 1.82) is 0 Å². The van der Waals surface area contributed by atoms with Gasteiger partial charge in [-0.05, 0) is 30.7 Å². The number of hydrogen-bond donors (Lipinski definition) is 1. The molecule has 1 atom stereocenters. The Bertz CT molecular complexity index is 717. The van der Waals surface area contributed by atoms with Crippen LogP contribution in [-0.2, 0) is 0 Å². The largest absolute Gasteiger partial charge is 0.345 e. The molecular formula is C15H12Cl2N2O3. The summed E-state index contributed by atoms with van der Waals surface area (Å²) in [5.41, 5.74) is 0.913. The summed E-state index contributed by atoms with van der Waals surface area (Å²) in [4.78, 5) is 22.3. The topological polar surface area (TPSA) is 72.2 Å². The molecule has 2 aromatic rings. The third-order valence-electron chi connectivity index (χ3n) is 3.13. The van der Waals surface area contributed by atoms with Crippen molar-refractivity contribution in [3.05, 3.63) is 73.8 Å². The van der Waals surface area contributed by atoms with Crippen molar-refractivity contribution >= 4 is 34.8 Å². The van der Waals surface area contributed by atoms with Gasteiger partial charge in [0.1, 0.15) is 0 Å². The van der Waals surface area contributed by atoms with E-state index < -0.39 is 10.8 Å². The summed E-state index contributed by atoms with van der Waals surface area (Å²) in [5.74, 6) is -0.401. The second-order valence-corrected chi connectivity index (χ2v) is 5.51. The quantitative estimate of drug-likeness (QED) is 0.663. The number of halogens is 2. The molecule has 7 heteroatoms. The summed E-state index contributed by atoms with van der Waals surface area (Å²) in [7, 11) is 0. The van der Waals surface area contributed by atoms with Gasteiger partial charge < -0.3 is 5.32 Å². The number of carbonyl (C=O) groups excluding carboxylic acids is 1. The van der Waals surface area contributed by atoms with E-state index in [1.54, 1.807) is 12.1 Å². The van der Waals surface area contributed by atoms with Crippen molar-refractivity contribution in [2.24, 2.45) is 0 Å². The Morgan fingerprint density at radius 3 is 2.36 bits per heavy atom. The lowest BCUT2D eigenvalue weighted by molar-refractivity contribution is -0.384. The normalized spacial score (nSPS) is 11.8. The number of benzene rings is 2. The Balaban J connectivity index is 2.15. The van der Waals surface area contributed by atoms with Gasteiger partial charge in [0.2, 0.25) is 0 Å². The molecule has 0 spiro atoms. The molecule has 1 N–H and O–H groups in total. The number of nitrogens with zero attached hydrogens (tertiary/aromatic N) is 1. The van der Waals surface area contributed by atoms with Crippen LogP contribution >= 0.6 is 23.2 Å².